The molecule has 0 saturated heterocycles. The summed E-state index contributed by atoms with van der Waals surface area (Å²) < 4.78 is 21.9. The van der Waals surface area contributed by atoms with Gasteiger partial charge in [0.05, 0.1) is 25.4 Å². The molecule has 9 heteroatoms. The molecule has 0 rings (SSSR count). The summed E-state index contributed by atoms with van der Waals surface area (Å²) in [7, 11) is -4.33. The molecule has 246 valence electrons. The molecule has 8 nitrogen and oxygen atoms in total. The molecule has 0 heterocycles. The van der Waals surface area contributed by atoms with Gasteiger partial charge in [0, 0.05) is 13.0 Å². The number of aliphatic hydroxyl groups is 1. The van der Waals surface area contributed by atoms with E-state index in [1.807, 2.05) is 6.08 Å². The number of nitrogens with two attached hydrogens (primary N) is 1. The highest BCUT2D eigenvalue weighted by Gasteiger charge is 2.26. The van der Waals surface area contributed by atoms with E-state index in [0.29, 0.717) is 6.42 Å². The Morgan fingerprint density at radius 3 is 1.88 bits per heavy atom. The molecule has 0 aromatic carbocycles. The lowest BCUT2D eigenvalue weighted by atomic mass is 10.1. The molecule has 0 spiro atoms. The van der Waals surface area contributed by atoms with Crippen LogP contribution in [0.15, 0.2) is 36.5 Å². The predicted octanol–water partition coefficient (Wildman–Crippen LogP) is 8.04. The summed E-state index contributed by atoms with van der Waals surface area (Å²) in [6, 6.07) is -0.876. The molecule has 5 N–H and O–H groups in total. The highest BCUT2D eigenvalue weighted by Crippen LogP contribution is 2.43. The van der Waals surface area contributed by atoms with Crippen molar-refractivity contribution >= 4 is 13.7 Å². The highest BCUT2D eigenvalue weighted by atomic mass is 31.2. The zero-order valence-electron chi connectivity index (χ0n) is 26.7. The Balaban J connectivity index is 4.42. The Bertz CT molecular complexity index is 759. The van der Waals surface area contributed by atoms with Gasteiger partial charge in [-0.25, -0.2) is 4.57 Å². The lowest BCUT2D eigenvalue weighted by Crippen LogP contribution is -2.45. The highest BCUT2D eigenvalue weighted by molar-refractivity contribution is 7.47. The number of phosphoric acid groups is 1. The molecule has 0 aromatic heterocycles. The summed E-state index contributed by atoms with van der Waals surface area (Å²) in [6.07, 6.45) is 32.0. The summed E-state index contributed by atoms with van der Waals surface area (Å²) in [6.45, 7) is 4.01. The Labute approximate surface area is 257 Å². The fourth-order valence-electron chi connectivity index (χ4n) is 4.37. The second kappa shape index (κ2) is 29.8. The molecular weight excluding hydrogens is 551 g/mol. The molecular formula is C33H63N2O6P. The van der Waals surface area contributed by atoms with Crippen LogP contribution in [0, 0.1) is 0 Å². The molecule has 3 atom stereocenters. The van der Waals surface area contributed by atoms with Crippen LogP contribution in [0.4, 0.5) is 0 Å². The van der Waals surface area contributed by atoms with Gasteiger partial charge in [0.25, 0.3) is 0 Å². The van der Waals surface area contributed by atoms with Gasteiger partial charge >= 0.3 is 7.82 Å². The molecule has 0 bridgehead atoms. The molecule has 0 radical (unpaired) electrons. The van der Waals surface area contributed by atoms with Gasteiger partial charge < -0.3 is 21.1 Å². The number of carbonyl (C=O) groups excluding carboxylic acids is 1. The number of allylic oxidation sites excluding steroid dienone is 5. The van der Waals surface area contributed by atoms with Crippen LogP contribution in [0.2, 0.25) is 0 Å². The number of unbranched alkanes of at least 4 members (excludes halogenated alkanes) is 14. The van der Waals surface area contributed by atoms with Crippen LogP contribution in [-0.2, 0) is 18.4 Å². The van der Waals surface area contributed by atoms with Gasteiger partial charge in [-0.3, -0.25) is 13.8 Å². The molecule has 0 aliphatic carbocycles. The third kappa shape index (κ3) is 27.5. The van der Waals surface area contributed by atoms with E-state index in [9.17, 15) is 19.4 Å². The van der Waals surface area contributed by atoms with Crippen LogP contribution < -0.4 is 11.1 Å². The van der Waals surface area contributed by atoms with Crippen molar-refractivity contribution in [2.75, 3.05) is 19.8 Å². The maximum absolute atomic E-state index is 12.6. The van der Waals surface area contributed by atoms with E-state index in [-0.39, 0.29) is 25.7 Å². The summed E-state index contributed by atoms with van der Waals surface area (Å²) in [5, 5.41) is 13.5. The first-order chi connectivity index (χ1) is 20.4. The normalized spacial score (nSPS) is 15.1. The van der Waals surface area contributed by atoms with E-state index in [0.717, 1.165) is 51.4 Å². The number of nitrogens with one attached hydrogen (secondary N) is 1. The van der Waals surface area contributed by atoms with Crippen LogP contribution in [0.3, 0.4) is 0 Å². The number of hydrogen-bond donors (Lipinski definition) is 4. The first kappa shape index (κ1) is 40.7. The van der Waals surface area contributed by atoms with Crippen LogP contribution >= 0.6 is 7.82 Å². The Hall–Kier alpha value is -1.28. The smallest absolute Gasteiger partial charge is 0.387 e. The van der Waals surface area contributed by atoms with Gasteiger partial charge in [-0.15, -0.1) is 0 Å². The average Bonchev–Trinajstić information content (AvgIpc) is 2.97. The second-order valence-electron chi connectivity index (χ2n) is 11.0. The third-order valence-corrected chi connectivity index (χ3v) is 7.92. The van der Waals surface area contributed by atoms with E-state index in [2.05, 4.69) is 43.5 Å². The van der Waals surface area contributed by atoms with E-state index in [4.69, 9.17) is 14.8 Å². The van der Waals surface area contributed by atoms with E-state index in [1.54, 1.807) is 6.08 Å². The molecule has 0 fully saturated rings. The zero-order valence-corrected chi connectivity index (χ0v) is 27.6. The van der Waals surface area contributed by atoms with Gasteiger partial charge in [-0.2, -0.15) is 0 Å². The number of amides is 1. The Kier molecular flexibility index (Phi) is 28.9. The van der Waals surface area contributed by atoms with Crippen molar-refractivity contribution in [3.05, 3.63) is 36.5 Å². The summed E-state index contributed by atoms with van der Waals surface area (Å²) in [5.41, 5.74) is 5.33. The van der Waals surface area contributed by atoms with Crippen LogP contribution in [0.5, 0.6) is 0 Å². The standard InChI is InChI=1S/C33H63N2O6P/c1-3-5-7-9-11-13-14-15-16-17-19-21-23-25-27-33(37)35-31(30-41-42(38,39)40-29-28-34)32(36)26-24-22-20-18-12-10-8-6-4-2/h12,14-15,18,24,26,31-32,36H,3-11,13,16-17,19-23,25,27-30,34H2,1-2H3,(H,35,37)(H,38,39)/b15-14-,18-12+,26-24+. The quantitative estimate of drug-likeness (QED) is 0.0366. The monoisotopic (exact) mass is 614 g/mol. The average molecular weight is 615 g/mol. The predicted molar refractivity (Wildman–Crippen MR) is 175 cm³/mol. The Morgan fingerprint density at radius 1 is 0.762 bits per heavy atom. The molecule has 3 unspecified atom stereocenters. The van der Waals surface area contributed by atoms with E-state index < -0.39 is 20.0 Å². The fraction of sp³-hybridized carbons (Fsp3) is 0.788. The van der Waals surface area contributed by atoms with Crippen molar-refractivity contribution in [2.45, 2.75) is 148 Å². The van der Waals surface area contributed by atoms with Gasteiger partial charge in [0.2, 0.25) is 5.91 Å². The molecule has 0 aliphatic heterocycles. The van der Waals surface area contributed by atoms with Gasteiger partial charge in [-0.1, -0.05) is 108 Å². The molecule has 1 amide bonds. The Morgan fingerprint density at radius 2 is 1.26 bits per heavy atom. The van der Waals surface area contributed by atoms with Crippen molar-refractivity contribution in [2.24, 2.45) is 5.73 Å². The minimum absolute atomic E-state index is 0.0718. The number of phosphoric ester groups is 1. The number of carbonyl (C=O) groups is 1. The van der Waals surface area contributed by atoms with Gasteiger partial charge in [0.15, 0.2) is 0 Å². The fourth-order valence-corrected chi connectivity index (χ4v) is 5.13. The SMILES string of the molecule is CCCCC/C=C/CC/C=C/C(O)C(COP(=O)(O)OCCN)NC(=O)CCCCCCC/C=C\CCCCCCC. The summed E-state index contributed by atoms with van der Waals surface area (Å²) >= 11 is 0. The number of rotatable bonds is 30. The molecule has 42 heavy (non-hydrogen) atoms. The van der Waals surface area contributed by atoms with Crippen molar-refractivity contribution < 1.29 is 28.4 Å². The minimum atomic E-state index is -4.33. The third-order valence-electron chi connectivity index (χ3n) is 6.94. The molecule has 0 aromatic rings. The van der Waals surface area contributed by atoms with E-state index in [1.165, 1.54) is 64.2 Å². The van der Waals surface area contributed by atoms with Crippen LogP contribution in [0.1, 0.15) is 136 Å². The van der Waals surface area contributed by atoms with Crippen molar-refractivity contribution in [1.29, 1.82) is 0 Å². The summed E-state index contributed by atoms with van der Waals surface area (Å²) in [4.78, 5) is 22.4. The van der Waals surface area contributed by atoms with Crippen LogP contribution in [-0.4, -0.2) is 47.8 Å². The minimum Gasteiger partial charge on any atom is -0.387 e. The van der Waals surface area contributed by atoms with Gasteiger partial charge in [-0.05, 0) is 57.8 Å². The second-order valence-corrected chi connectivity index (χ2v) is 12.5. The zero-order chi connectivity index (χ0) is 31.2. The van der Waals surface area contributed by atoms with E-state index >= 15 is 0 Å². The van der Waals surface area contributed by atoms with Gasteiger partial charge in [0.1, 0.15) is 0 Å². The number of aliphatic hydroxyl groups excluding tert-OH is 1. The first-order valence-electron chi connectivity index (χ1n) is 16.6. The number of hydrogen-bond acceptors (Lipinski definition) is 6. The lowest BCUT2D eigenvalue weighted by molar-refractivity contribution is -0.123. The first-order valence-corrected chi connectivity index (χ1v) is 18.1. The van der Waals surface area contributed by atoms with Crippen molar-refractivity contribution in [3.8, 4) is 0 Å². The maximum atomic E-state index is 12.6. The molecule has 0 aliphatic rings. The van der Waals surface area contributed by atoms with Crippen LogP contribution in [0.25, 0.3) is 0 Å². The topological polar surface area (TPSA) is 131 Å². The molecule has 0 saturated carbocycles. The maximum Gasteiger partial charge on any atom is 0.472 e. The lowest BCUT2D eigenvalue weighted by Gasteiger charge is -2.23. The van der Waals surface area contributed by atoms with Crippen molar-refractivity contribution in [1.82, 2.24) is 5.32 Å². The largest absolute Gasteiger partial charge is 0.472 e. The van der Waals surface area contributed by atoms with Crippen molar-refractivity contribution in [3.63, 3.8) is 0 Å². The summed E-state index contributed by atoms with van der Waals surface area (Å²) in [5.74, 6) is -0.219.